The fourth-order valence-electron chi connectivity index (χ4n) is 3.10. The number of hydrogen-bond acceptors (Lipinski definition) is 4. The van der Waals surface area contributed by atoms with Crippen molar-refractivity contribution in [1.82, 2.24) is 4.90 Å². The maximum atomic E-state index is 13.1. The molecule has 4 rings (SSSR count). The molecule has 0 fully saturated rings. The van der Waals surface area contributed by atoms with Crippen LogP contribution in [0.15, 0.2) is 77.8 Å². The summed E-state index contributed by atoms with van der Waals surface area (Å²) in [5, 5.41) is 5.13. The molecule has 1 aliphatic rings. The average Bonchev–Trinajstić information content (AvgIpc) is 3.28. The van der Waals surface area contributed by atoms with Crippen LogP contribution in [0.4, 0.5) is 5.69 Å². The molecule has 0 bridgehead atoms. The van der Waals surface area contributed by atoms with Crippen LogP contribution in [0.2, 0.25) is 0 Å². The quantitative estimate of drug-likeness (QED) is 0.671. The smallest absolute Gasteiger partial charge is 0.278 e. The number of carbonyl (C=O) groups excluding carboxylic acids is 2. The average molecular weight is 374 g/mol. The van der Waals surface area contributed by atoms with Crippen LogP contribution >= 0.6 is 11.3 Å². The molecular weight excluding hydrogens is 356 g/mol. The number of nitrogens with zero attached hydrogens (tertiary/aromatic N) is 1. The Morgan fingerprint density at radius 3 is 2.33 bits per heavy atom. The summed E-state index contributed by atoms with van der Waals surface area (Å²) in [6.07, 6.45) is 0. The van der Waals surface area contributed by atoms with Crippen molar-refractivity contribution in [3.05, 3.63) is 93.8 Å². The lowest BCUT2D eigenvalue weighted by Crippen LogP contribution is -2.31. The molecule has 27 heavy (non-hydrogen) atoms. The highest BCUT2D eigenvalue weighted by molar-refractivity contribution is 7.11. The molecule has 0 saturated heterocycles. The number of benzene rings is 2. The van der Waals surface area contributed by atoms with Crippen molar-refractivity contribution in [3.8, 4) is 0 Å². The Bertz CT molecular complexity index is 1020. The van der Waals surface area contributed by atoms with Crippen LogP contribution in [0, 0.1) is 6.92 Å². The van der Waals surface area contributed by atoms with Gasteiger partial charge in [-0.15, -0.1) is 11.3 Å². The largest absolute Gasteiger partial charge is 0.350 e. The van der Waals surface area contributed by atoms with Crippen molar-refractivity contribution in [3.63, 3.8) is 0 Å². The van der Waals surface area contributed by atoms with Gasteiger partial charge in [-0.2, -0.15) is 0 Å². The Labute approximate surface area is 161 Å². The van der Waals surface area contributed by atoms with E-state index in [0.29, 0.717) is 11.3 Å². The first-order chi connectivity index (χ1) is 13.1. The van der Waals surface area contributed by atoms with Gasteiger partial charge < -0.3 is 5.32 Å². The number of imide groups is 1. The molecule has 2 heterocycles. The Morgan fingerprint density at radius 2 is 1.63 bits per heavy atom. The van der Waals surface area contributed by atoms with E-state index in [2.05, 4.69) is 5.32 Å². The van der Waals surface area contributed by atoms with E-state index in [4.69, 9.17) is 0 Å². The van der Waals surface area contributed by atoms with E-state index in [1.165, 1.54) is 16.2 Å². The minimum absolute atomic E-state index is 0.256. The third-order valence-electron chi connectivity index (χ3n) is 4.52. The van der Waals surface area contributed by atoms with Gasteiger partial charge in [-0.1, -0.05) is 54.6 Å². The second-order valence-corrected chi connectivity index (χ2v) is 7.30. The van der Waals surface area contributed by atoms with Crippen molar-refractivity contribution in [2.75, 3.05) is 5.32 Å². The number of thiophene rings is 1. The van der Waals surface area contributed by atoms with E-state index in [1.54, 1.807) is 0 Å². The summed E-state index contributed by atoms with van der Waals surface area (Å²) < 4.78 is 0. The van der Waals surface area contributed by atoms with Crippen molar-refractivity contribution in [2.24, 2.45) is 0 Å². The summed E-state index contributed by atoms with van der Waals surface area (Å²) in [5.74, 6) is -0.558. The van der Waals surface area contributed by atoms with Crippen LogP contribution in [-0.2, 0) is 16.1 Å². The van der Waals surface area contributed by atoms with E-state index in [-0.39, 0.29) is 18.4 Å². The number of anilines is 1. The van der Waals surface area contributed by atoms with Crippen molar-refractivity contribution >= 4 is 34.4 Å². The maximum absolute atomic E-state index is 13.1. The van der Waals surface area contributed by atoms with Gasteiger partial charge in [0.25, 0.3) is 11.8 Å². The summed E-state index contributed by atoms with van der Waals surface area (Å²) in [5.41, 5.74) is 3.53. The van der Waals surface area contributed by atoms with Crippen LogP contribution in [0.1, 0.15) is 16.0 Å². The second kappa shape index (κ2) is 7.21. The molecule has 0 unspecified atom stereocenters. The van der Waals surface area contributed by atoms with E-state index in [0.717, 1.165) is 21.7 Å². The molecule has 2 amide bonds. The van der Waals surface area contributed by atoms with E-state index in [1.807, 2.05) is 79.0 Å². The third kappa shape index (κ3) is 3.29. The van der Waals surface area contributed by atoms with Crippen molar-refractivity contribution in [2.45, 2.75) is 13.5 Å². The van der Waals surface area contributed by atoms with Crippen LogP contribution in [0.5, 0.6) is 0 Å². The molecule has 0 spiro atoms. The topological polar surface area (TPSA) is 49.4 Å². The van der Waals surface area contributed by atoms with Crippen molar-refractivity contribution in [1.29, 1.82) is 0 Å². The summed E-state index contributed by atoms with van der Waals surface area (Å²) in [6.45, 7) is 2.23. The third-order valence-corrected chi connectivity index (χ3v) is 5.41. The first-order valence-electron chi connectivity index (χ1n) is 8.66. The van der Waals surface area contributed by atoms with Gasteiger partial charge in [0.05, 0.1) is 12.1 Å². The number of rotatable bonds is 5. The molecule has 2 aromatic carbocycles. The van der Waals surface area contributed by atoms with Gasteiger partial charge in [-0.25, -0.2) is 0 Å². The minimum Gasteiger partial charge on any atom is -0.350 e. The molecule has 0 atom stereocenters. The monoisotopic (exact) mass is 374 g/mol. The number of nitrogens with one attached hydrogen (secondary N) is 1. The van der Waals surface area contributed by atoms with Gasteiger partial charge in [-0.05, 0) is 35.6 Å². The van der Waals surface area contributed by atoms with Gasteiger partial charge in [-0.3, -0.25) is 14.5 Å². The molecule has 3 aromatic rings. The summed E-state index contributed by atoms with van der Waals surface area (Å²) in [4.78, 5) is 28.4. The van der Waals surface area contributed by atoms with E-state index in [9.17, 15) is 9.59 Å². The Kier molecular flexibility index (Phi) is 4.60. The molecule has 1 aliphatic heterocycles. The lowest BCUT2D eigenvalue weighted by molar-refractivity contribution is -0.137. The standard InChI is InChI=1S/C22H18N2O2S/c1-15-8-5-6-11-17(15)23-20-19(18-12-7-13-27-18)21(25)24(22(20)26)14-16-9-3-2-4-10-16/h2-13,23H,14H2,1H3. The summed E-state index contributed by atoms with van der Waals surface area (Å²) in [7, 11) is 0. The predicted octanol–water partition coefficient (Wildman–Crippen LogP) is 4.45. The molecular formula is C22H18N2O2S. The molecule has 0 saturated carbocycles. The van der Waals surface area contributed by atoms with Crippen LogP contribution in [-0.4, -0.2) is 16.7 Å². The van der Waals surface area contributed by atoms with Crippen molar-refractivity contribution < 1.29 is 9.59 Å². The van der Waals surface area contributed by atoms with Crippen LogP contribution in [0.25, 0.3) is 5.57 Å². The fraction of sp³-hybridized carbons (Fsp3) is 0.0909. The first-order valence-corrected chi connectivity index (χ1v) is 9.54. The zero-order valence-corrected chi connectivity index (χ0v) is 15.6. The summed E-state index contributed by atoms with van der Waals surface area (Å²) in [6, 6.07) is 21.0. The fourth-order valence-corrected chi connectivity index (χ4v) is 3.87. The zero-order valence-electron chi connectivity index (χ0n) is 14.8. The molecule has 134 valence electrons. The molecule has 1 aromatic heterocycles. The van der Waals surface area contributed by atoms with Gasteiger partial charge >= 0.3 is 0 Å². The van der Waals surface area contributed by atoms with Gasteiger partial charge in [0.1, 0.15) is 5.70 Å². The highest BCUT2D eigenvalue weighted by atomic mass is 32.1. The van der Waals surface area contributed by atoms with E-state index < -0.39 is 0 Å². The number of hydrogen-bond donors (Lipinski definition) is 1. The highest BCUT2D eigenvalue weighted by Gasteiger charge is 2.39. The lowest BCUT2D eigenvalue weighted by Gasteiger charge is -2.15. The molecule has 4 nitrogen and oxygen atoms in total. The zero-order chi connectivity index (χ0) is 18.8. The first kappa shape index (κ1) is 17.2. The molecule has 1 N–H and O–H groups in total. The molecule has 5 heteroatoms. The molecule has 0 radical (unpaired) electrons. The number of aryl methyl sites for hydroxylation is 1. The number of para-hydroxylation sites is 1. The normalized spacial score (nSPS) is 14.2. The van der Waals surface area contributed by atoms with Gasteiger partial charge in [0.15, 0.2) is 0 Å². The minimum atomic E-state index is -0.296. The number of amides is 2. The highest BCUT2D eigenvalue weighted by Crippen LogP contribution is 2.34. The Morgan fingerprint density at radius 1 is 0.889 bits per heavy atom. The Balaban J connectivity index is 1.73. The summed E-state index contributed by atoms with van der Waals surface area (Å²) >= 11 is 1.46. The van der Waals surface area contributed by atoms with Crippen LogP contribution in [0.3, 0.4) is 0 Å². The predicted molar refractivity (Wildman–Crippen MR) is 108 cm³/mol. The van der Waals surface area contributed by atoms with Gasteiger partial charge in [0, 0.05) is 10.6 Å². The molecule has 0 aliphatic carbocycles. The number of carbonyl (C=O) groups is 2. The lowest BCUT2D eigenvalue weighted by atomic mass is 10.1. The van der Waals surface area contributed by atoms with Crippen LogP contribution < -0.4 is 5.32 Å². The van der Waals surface area contributed by atoms with Gasteiger partial charge in [0.2, 0.25) is 0 Å². The SMILES string of the molecule is Cc1ccccc1NC1=C(c2cccs2)C(=O)N(Cc2ccccc2)C1=O. The maximum Gasteiger partial charge on any atom is 0.278 e. The Hall–Kier alpha value is -3.18. The van der Waals surface area contributed by atoms with E-state index >= 15 is 0 Å². The second-order valence-electron chi connectivity index (χ2n) is 6.35.